The highest BCUT2D eigenvalue weighted by atomic mass is 32.2. The van der Waals surface area contributed by atoms with Gasteiger partial charge in [0.25, 0.3) is 0 Å². The monoisotopic (exact) mass is 533 g/mol. The summed E-state index contributed by atoms with van der Waals surface area (Å²) in [7, 11) is 0. The molecule has 2 aromatic carbocycles. The van der Waals surface area contributed by atoms with E-state index in [-0.39, 0.29) is 11.2 Å². The molecule has 3 fully saturated rings. The summed E-state index contributed by atoms with van der Waals surface area (Å²) in [6, 6.07) is 22.2. The standard InChI is InChI=1S/C27H30N4OS.C2H6.CH3NO/c1-2-7-23(8-3-1)33-27(13-14-27)24-19-25(31-15-17-32-18-16-31)30-26(29-24)20-9-11-22(12-10-20)28-21-5-4-6-21;1-2;2-1-3/h1-3,7-12,19,21,28H,4-6,13-18H2;1-2H3;1H,(H2,2,3). The molecule has 0 atom stereocenters. The molecule has 0 spiro atoms. The van der Waals surface area contributed by atoms with Gasteiger partial charge in [-0.15, -0.1) is 11.8 Å². The molecule has 3 aromatic rings. The first-order valence-electron chi connectivity index (χ1n) is 13.7. The maximum Gasteiger partial charge on any atom is 0.204 e. The van der Waals surface area contributed by atoms with Crippen molar-refractivity contribution in [2.75, 3.05) is 36.5 Å². The molecule has 8 heteroatoms. The van der Waals surface area contributed by atoms with Crippen LogP contribution in [0.4, 0.5) is 11.5 Å². The van der Waals surface area contributed by atoms with E-state index in [0.29, 0.717) is 6.04 Å². The van der Waals surface area contributed by atoms with E-state index in [2.05, 4.69) is 76.6 Å². The normalized spacial score (nSPS) is 17.6. The molecule has 1 aliphatic heterocycles. The fourth-order valence-electron chi connectivity index (χ4n) is 4.49. The highest BCUT2D eigenvalue weighted by Gasteiger charge is 2.47. The Kier molecular flexibility index (Phi) is 10.0. The van der Waals surface area contributed by atoms with Crippen LogP contribution in [0.25, 0.3) is 11.4 Å². The molecule has 202 valence electrons. The van der Waals surface area contributed by atoms with Crippen molar-refractivity contribution < 1.29 is 9.53 Å². The second-order valence-corrected chi connectivity index (χ2v) is 10.9. The van der Waals surface area contributed by atoms with Gasteiger partial charge >= 0.3 is 0 Å². The zero-order chi connectivity index (χ0) is 26.8. The molecule has 1 aromatic heterocycles. The van der Waals surface area contributed by atoms with Crippen LogP contribution in [0.15, 0.2) is 65.6 Å². The van der Waals surface area contributed by atoms with Crippen molar-refractivity contribution in [3.63, 3.8) is 0 Å². The van der Waals surface area contributed by atoms with E-state index in [1.165, 1.54) is 29.8 Å². The number of primary amides is 1. The molecule has 2 saturated carbocycles. The number of rotatable bonds is 7. The summed E-state index contributed by atoms with van der Waals surface area (Å²) in [5.74, 6) is 1.85. The summed E-state index contributed by atoms with van der Waals surface area (Å²) in [6.07, 6.45) is 6.43. The lowest BCUT2D eigenvalue weighted by Crippen LogP contribution is -2.37. The molecular formula is C30H39N5O2S. The third-order valence-electron chi connectivity index (χ3n) is 6.89. The topological polar surface area (TPSA) is 93.4 Å². The number of carbonyl (C=O) groups excluding carboxylic acids is 1. The summed E-state index contributed by atoms with van der Waals surface area (Å²) < 4.78 is 5.63. The number of nitrogens with zero attached hydrogens (tertiary/aromatic N) is 3. The minimum absolute atomic E-state index is 0.0474. The Morgan fingerprint density at radius 2 is 1.68 bits per heavy atom. The van der Waals surface area contributed by atoms with Crippen molar-refractivity contribution >= 4 is 29.7 Å². The van der Waals surface area contributed by atoms with Crippen LogP contribution in [0.1, 0.15) is 51.6 Å². The van der Waals surface area contributed by atoms with Gasteiger partial charge in [0.1, 0.15) is 5.82 Å². The van der Waals surface area contributed by atoms with Crippen LogP contribution < -0.4 is 16.0 Å². The molecule has 3 N–H and O–H groups in total. The SMILES string of the molecule is CC.NC=O.c1ccc(SC2(c3cc(N4CCOCC4)nc(-c4ccc(NC5CCC5)cc4)n3)CC2)cc1. The highest BCUT2D eigenvalue weighted by molar-refractivity contribution is 8.00. The van der Waals surface area contributed by atoms with Crippen LogP contribution in [0.3, 0.4) is 0 Å². The molecule has 6 rings (SSSR count). The summed E-state index contributed by atoms with van der Waals surface area (Å²) >= 11 is 1.94. The number of nitrogens with two attached hydrogens (primary N) is 1. The number of nitrogens with one attached hydrogen (secondary N) is 1. The molecule has 2 heterocycles. The molecular weight excluding hydrogens is 494 g/mol. The van der Waals surface area contributed by atoms with Gasteiger partial charge in [0, 0.05) is 41.3 Å². The minimum atomic E-state index is 0.0474. The number of amides is 1. The maximum atomic E-state index is 8.58. The van der Waals surface area contributed by atoms with Gasteiger partial charge in [-0.25, -0.2) is 9.97 Å². The van der Waals surface area contributed by atoms with Gasteiger partial charge in [0.05, 0.1) is 23.7 Å². The average molecular weight is 534 g/mol. The Morgan fingerprint density at radius 3 is 2.26 bits per heavy atom. The van der Waals surface area contributed by atoms with Gasteiger partial charge < -0.3 is 20.7 Å². The van der Waals surface area contributed by atoms with Crippen molar-refractivity contribution in [1.82, 2.24) is 9.97 Å². The summed E-state index contributed by atoms with van der Waals surface area (Å²) in [5.41, 5.74) is 7.58. The lowest BCUT2D eigenvalue weighted by Gasteiger charge is -2.29. The number of thioether (sulfide) groups is 1. The van der Waals surface area contributed by atoms with Gasteiger partial charge in [-0.3, -0.25) is 4.79 Å². The van der Waals surface area contributed by atoms with Crippen molar-refractivity contribution in [3.05, 3.63) is 66.4 Å². The maximum absolute atomic E-state index is 8.58. The molecule has 2 aliphatic carbocycles. The lowest BCUT2D eigenvalue weighted by molar-refractivity contribution is -0.106. The molecule has 38 heavy (non-hydrogen) atoms. The fourth-order valence-corrected chi connectivity index (χ4v) is 5.75. The van der Waals surface area contributed by atoms with Crippen LogP contribution in [-0.2, 0) is 14.3 Å². The van der Waals surface area contributed by atoms with E-state index in [1.807, 2.05) is 25.6 Å². The Morgan fingerprint density at radius 1 is 1.03 bits per heavy atom. The quantitative estimate of drug-likeness (QED) is 0.368. The molecule has 1 saturated heterocycles. The Hall–Kier alpha value is -3.10. The van der Waals surface area contributed by atoms with E-state index in [1.54, 1.807) is 0 Å². The first-order valence-corrected chi connectivity index (χ1v) is 14.5. The van der Waals surface area contributed by atoms with Crippen molar-refractivity contribution in [2.24, 2.45) is 5.73 Å². The smallest absolute Gasteiger partial charge is 0.204 e. The third-order valence-corrected chi connectivity index (χ3v) is 8.41. The molecule has 0 unspecified atom stereocenters. The van der Waals surface area contributed by atoms with Crippen LogP contribution in [0.5, 0.6) is 0 Å². The number of hydrogen-bond acceptors (Lipinski definition) is 7. The van der Waals surface area contributed by atoms with E-state index in [9.17, 15) is 0 Å². The average Bonchev–Trinajstić information content (AvgIpc) is 3.74. The number of anilines is 2. The number of hydrogen-bond donors (Lipinski definition) is 2. The first kappa shape index (κ1) is 27.9. The van der Waals surface area contributed by atoms with Crippen LogP contribution in [0.2, 0.25) is 0 Å². The van der Waals surface area contributed by atoms with Gasteiger partial charge in [-0.05, 0) is 68.5 Å². The zero-order valence-electron chi connectivity index (χ0n) is 22.4. The van der Waals surface area contributed by atoms with Crippen molar-refractivity contribution in [2.45, 2.75) is 61.6 Å². The van der Waals surface area contributed by atoms with Crippen LogP contribution >= 0.6 is 11.8 Å². The summed E-state index contributed by atoms with van der Waals surface area (Å²) in [6.45, 7) is 7.25. The second-order valence-electron chi connectivity index (χ2n) is 9.43. The van der Waals surface area contributed by atoms with Gasteiger partial charge in [-0.2, -0.15) is 0 Å². The Labute approximate surface area is 230 Å². The summed E-state index contributed by atoms with van der Waals surface area (Å²) in [5, 5.41) is 3.63. The van der Waals surface area contributed by atoms with Crippen LogP contribution in [-0.4, -0.2) is 48.7 Å². The first-order chi connectivity index (χ1) is 18.7. The zero-order valence-corrected chi connectivity index (χ0v) is 23.3. The third kappa shape index (κ3) is 7.05. The Bertz CT molecular complexity index is 1150. The van der Waals surface area contributed by atoms with Crippen molar-refractivity contribution in [3.8, 4) is 11.4 Å². The van der Waals surface area contributed by atoms with E-state index in [4.69, 9.17) is 19.5 Å². The van der Waals surface area contributed by atoms with Gasteiger partial charge in [0.15, 0.2) is 5.82 Å². The lowest BCUT2D eigenvalue weighted by atomic mass is 9.93. The minimum Gasteiger partial charge on any atom is -0.382 e. The number of aromatic nitrogens is 2. The predicted molar refractivity (Wildman–Crippen MR) is 157 cm³/mol. The molecule has 0 bridgehead atoms. The molecule has 0 radical (unpaired) electrons. The fraction of sp³-hybridized carbons (Fsp3) is 0.433. The summed E-state index contributed by atoms with van der Waals surface area (Å²) in [4.78, 5) is 22.4. The number of carbonyl (C=O) groups is 1. The van der Waals surface area contributed by atoms with Gasteiger partial charge in [-0.1, -0.05) is 32.0 Å². The highest BCUT2D eigenvalue weighted by Crippen LogP contribution is 2.59. The van der Waals surface area contributed by atoms with Crippen LogP contribution in [0, 0.1) is 0 Å². The van der Waals surface area contributed by atoms with E-state index < -0.39 is 0 Å². The van der Waals surface area contributed by atoms with Gasteiger partial charge in [0.2, 0.25) is 6.41 Å². The Balaban J connectivity index is 0.000000630. The molecule has 7 nitrogen and oxygen atoms in total. The largest absolute Gasteiger partial charge is 0.382 e. The number of benzene rings is 2. The number of morpholine rings is 1. The van der Waals surface area contributed by atoms with E-state index in [0.717, 1.165) is 62.0 Å². The van der Waals surface area contributed by atoms with E-state index >= 15 is 0 Å². The molecule has 1 amide bonds. The predicted octanol–water partition coefficient (Wildman–Crippen LogP) is 5.85. The second kappa shape index (κ2) is 13.6. The van der Waals surface area contributed by atoms with Crippen molar-refractivity contribution in [1.29, 1.82) is 0 Å². The number of ether oxygens (including phenoxy) is 1. The molecule has 3 aliphatic rings.